The van der Waals surface area contributed by atoms with E-state index >= 15 is 0 Å². The van der Waals surface area contributed by atoms with Crippen LogP contribution in [0.25, 0.3) is 11.1 Å². The van der Waals surface area contributed by atoms with Gasteiger partial charge in [0, 0.05) is 11.1 Å². The van der Waals surface area contributed by atoms with Crippen molar-refractivity contribution < 1.29 is 33.4 Å². The van der Waals surface area contributed by atoms with Gasteiger partial charge in [0.15, 0.2) is 0 Å². The molecule has 1 unspecified atom stereocenters. The smallest absolute Gasteiger partial charge is 0.414 e. The number of ether oxygens (including phenoxy) is 1. The molecule has 0 radical (unpaired) electrons. The second-order valence-corrected chi connectivity index (χ2v) is 6.68. The normalized spacial score (nSPS) is 15.3. The lowest BCUT2D eigenvalue weighted by Crippen LogP contribution is -2.40. The molecule has 10 nitrogen and oxygen atoms in total. The fourth-order valence-electron chi connectivity index (χ4n) is 3.00. The van der Waals surface area contributed by atoms with Crippen LogP contribution in [0, 0.1) is 5.82 Å². The molecule has 162 valence electrons. The maximum Gasteiger partial charge on any atom is 0.414 e. The molecule has 0 saturated carbocycles. The number of nitrogens with zero attached hydrogens (tertiary/aromatic N) is 1. The number of hydrogen-bond acceptors (Lipinski definition) is 5. The highest BCUT2D eigenvalue weighted by Crippen LogP contribution is 2.29. The molecule has 1 heterocycles. The number of halogens is 1. The van der Waals surface area contributed by atoms with Crippen LogP contribution in [-0.4, -0.2) is 54.8 Å². The van der Waals surface area contributed by atoms with Gasteiger partial charge in [0.2, 0.25) is 11.8 Å². The minimum absolute atomic E-state index is 0.0187. The predicted molar refractivity (Wildman–Crippen MR) is 107 cm³/mol. The summed E-state index contributed by atoms with van der Waals surface area (Å²) < 4.78 is 19.9. The van der Waals surface area contributed by atoms with E-state index in [9.17, 15) is 23.6 Å². The molecule has 0 aliphatic carbocycles. The summed E-state index contributed by atoms with van der Waals surface area (Å²) in [7, 11) is 0. The zero-order valence-electron chi connectivity index (χ0n) is 16.1. The highest BCUT2D eigenvalue weighted by Gasteiger charge is 2.33. The number of hydrogen-bond donors (Lipinski definition) is 4. The van der Waals surface area contributed by atoms with Gasteiger partial charge in [-0.05, 0) is 35.9 Å². The lowest BCUT2D eigenvalue weighted by atomic mass is 10.0. The van der Waals surface area contributed by atoms with Crippen LogP contribution >= 0.6 is 0 Å². The third-order valence-corrected chi connectivity index (χ3v) is 4.55. The zero-order valence-corrected chi connectivity index (χ0v) is 16.1. The third kappa shape index (κ3) is 5.26. The first kappa shape index (κ1) is 21.6. The monoisotopic (exact) mass is 430 g/mol. The highest BCUT2D eigenvalue weighted by atomic mass is 19.1. The standard InChI is InChI=1S/C20H19FN4O6/c21-16-7-13(5-6-15(16)11-1-3-12(4-2-11)18(22)27)25-10-14(31-20(25)30)8-23-17(26)9-24-19(28)29/h1-7,14,24H,8-10H2,(H2,22,27)(H,23,26)(H,28,29). The molecule has 11 heteroatoms. The highest BCUT2D eigenvalue weighted by molar-refractivity contribution is 5.93. The van der Waals surface area contributed by atoms with E-state index in [1.165, 1.54) is 29.2 Å². The first-order valence-electron chi connectivity index (χ1n) is 9.16. The third-order valence-electron chi connectivity index (χ3n) is 4.55. The Hall–Kier alpha value is -4.15. The molecule has 1 atom stereocenters. The quantitative estimate of drug-likeness (QED) is 0.520. The van der Waals surface area contributed by atoms with Crippen molar-refractivity contribution in [2.75, 3.05) is 24.5 Å². The maximum absolute atomic E-state index is 14.7. The molecular formula is C20H19FN4O6. The van der Waals surface area contributed by atoms with Crippen molar-refractivity contribution in [1.82, 2.24) is 10.6 Å². The van der Waals surface area contributed by atoms with E-state index in [1.807, 2.05) is 5.32 Å². The van der Waals surface area contributed by atoms with Gasteiger partial charge in [0.05, 0.1) is 25.3 Å². The van der Waals surface area contributed by atoms with Crippen LogP contribution < -0.4 is 21.3 Å². The molecule has 5 N–H and O–H groups in total. The summed E-state index contributed by atoms with van der Waals surface area (Å²) in [6, 6.07) is 10.4. The number of cyclic esters (lactones) is 1. The lowest BCUT2D eigenvalue weighted by molar-refractivity contribution is -0.120. The van der Waals surface area contributed by atoms with Gasteiger partial charge in [0.25, 0.3) is 0 Å². The van der Waals surface area contributed by atoms with E-state index in [0.717, 1.165) is 0 Å². The number of primary amides is 1. The van der Waals surface area contributed by atoms with Crippen molar-refractivity contribution in [3.05, 3.63) is 53.8 Å². The molecule has 1 saturated heterocycles. The zero-order chi connectivity index (χ0) is 22.5. The number of nitrogens with two attached hydrogens (primary N) is 1. The van der Waals surface area contributed by atoms with Crippen LogP contribution in [0.15, 0.2) is 42.5 Å². The van der Waals surface area contributed by atoms with Crippen molar-refractivity contribution in [2.45, 2.75) is 6.10 Å². The topological polar surface area (TPSA) is 151 Å². The summed E-state index contributed by atoms with van der Waals surface area (Å²) in [5.41, 5.74) is 6.60. The second kappa shape index (κ2) is 9.11. The van der Waals surface area contributed by atoms with Crippen molar-refractivity contribution in [2.24, 2.45) is 5.73 Å². The van der Waals surface area contributed by atoms with Crippen LogP contribution in [0.2, 0.25) is 0 Å². The van der Waals surface area contributed by atoms with E-state index in [2.05, 4.69) is 5.32 Å². The first-order chi connectivity index (χ1) is 14.7. The number of carboxylic acid groups (broad SMARTS) is 1. The average molecular weight is 430 g/mol. The Morgan fingerprint density at radius 2 is 1.87 bits per heavy atom. The van der Waals surface area contributed by atoms with Crippen LogP contribution in [0.3, 0.4) is 0 Å². The van der Waals surface area contributed by atoms with E-state index in [-0.39, 0.29) is 24.3 Å². The van der Waals surface area contributed by atoms with Gasteiger partial charge in [-0.1, -0.05) is 12.1 Å². The van der Waals surface area contributed by atoms with Gasteiger partial charge in [0.1, 0.15) is 11.9 Å². The number of carbonyl (C=O) groups is 4. The fraction of sp³-hybridized carbons (Fsp3) is 0.200. The van der Waals surface area contributed by atoms with E-state index in [0.29, 0.717) is 11.1 Å². The Bertz CT molecular complexity index is 1030. The van der Waals surface area contributed by atoms with Gasteiger partial charge < -0.3 is 26.2 Å². The summed E-state index contributed by atoms with van der Waals surface area (Å²) >= 11 is 0. The molecule has 0 aromatic heterocycles. The lowest BCUT2D eigenvalue weighted by Gasteiger charge is -2.15. The van der Waals surface area contributed by atoms with Crippen LogP contribution in [-0.2, 0) is 9.53 Å². The summed E-state index contributed by atoms with van der Waals surface area (Å²) in [6.07, 6.45) is -2.70. The summed E-state index contributed by atoms with van der Waals surface area (Å²) in [5, 5.41) is 12.8. The van der Waals surface area contributed by atoms with Crippen molar-refractivity contribution in [1.29, 1.82) is 0 Å². The van der Waals surface area contributed by atoms with Gasteiger partial charge in [-0.15, -0.1) is 0 Å². The minimum atomic E-state index is -1.33. The Balaban J connectivity index is 1.64. The van der Waals surface area contributed by atoms with Crippen molar-refractivity contribution in [3.63, 3.8) is 0 Å². The molecule has 1 aliphatic rings. The van der Waals surface area contributed by atoms with Crippen molar-refractivity contribution >= 4 is 29.7 Å². The van der Waals surface area contributed by atoms with Gasteiger partial charge in [-0.25, -0.2) is 14.0 Å². The Labute approximate surface area is 175 Å². The fourth-order valence-corrected chi connectivity index (χ4v) is 3.00. The minimum Gasteiger partial charge on any atom is -0.465 e. The molecule has 4 amide bonds. The average Bonchev–Trinajstić information content (AvgIpc) is 3.11. The Kier molecular flexibility index (Phi) is 6.34. The predicted octanol–water partition coefficient (Wildman–Crippen LogP) is 1.30. The van der Waals surface area contributed by atoms with Crippen molar-refractivity contribution in [3.8, 4) is 11.1 Å². The number of nitrogens with one attached hydrogen (secondary N) is 2. The maximum atomic E-state index is 14.7. The molecule has 1 fully saturated rings. The number of anilines is 1. The van der Waals surface area contributed by atoms with Gasteiger partial charge in [-0.3, -0.25) is 14.5 Å². The molecule has 0 spiro atoms. The van der Waals surface area contributed by atoms with E-state index < -0.39 is 42.5 Å². The summed E-state index contributed by atoms with van der Waals surface area (Å²) in [5.74, 6) is -1.73. The van der Waals surface area contributed by atoms with E-state index in [4.69, 9.17) is 15.6 Å². The summed E-state index contributed by atoms with van der Waals surface area (Å²) in [6.45, 7) is -0.362. The largest absolute Gasteiger partial charge is 0.465 e. The second-order valence-electron chi connectivity index (χ2n) is 6.68. The molecule has 0 bridgehead atoms. The van der Waals surface area contributed by atoms with Gasteiger partial charge >= 0.3 is 12.2 Å². The molecule has 1 aliphatic heterocycles. The van der Waals surface area contributed by atoms with Crippen LogP contribution in [0.5, 0.6) is 0 Å². The number of amides is 4. The van der Waals surface area contributed by atoms with E-state index in [1.54, 1.807) is 18.2 Å². The molecular weight excluding hydrogens is 411 g/mol. The molecule has 2 aromatic carbocycles. The van der Waals surface area contributed by atoms with Crippen LogP contribution in [0.4, 0.5) is 19.7 Å². The SMILES string of the molecule is NC(=O)c1ccc(-c2ccc(N3CC(CNC(=O)CNC(=O)O)OC3=O)cc2F)cc1. The molecule has 3 rings (SSSR count). The molecule has 31 heavy (non-hydrogen) atoms. The number of benzene rings is 2. The number of rotatable bonds is 7. The van der Waals surface area contributed by atoms with Crippen LogP contribution in [0.1, 0.15) is 10.4 Å². The molecule has 2 aromatic rings. The Morgan fingerprint density at radius 3 is 2.48 bits per heavy atom. The summed E-state index contributed by atoms with van der Waals surface area (Å²) in [4.78, 5) is 46.5. The number of carbonyl (C=O) groups excluding carboxylic acids is 3. The Morgan fingerprint density at radius 1 is 1.16 bits per heavy atom. The first-order valence-corrected chi connectivity index (χ1v) is 9.16. The van der Waals surface area contributed by atoms with Gasteiger partial charge in [-0.2, -0.15) is 0 Å².